The third-order valence-corrected chi connectivity index (χ3v) is 3.00. The van der Waals surface area contributed by atoms with Crippen molar-refractivity contribution in [2.75, 3.05) is 0 Å². The number of rotatable bonds is 4. The second kappa shape index (κ2) is 6.15. The molecule has 6 heteroatoms. The summed E-state index contributed by atoms with van der Waals surface area (Å²) < 4.78 is 0. The molecule has 0 aliphatic heterocycles. The summed E-state index contributed by atoms with van der Waals surface area (Å²) in [6.45, 7) is 0. The molecule has 2 rings (SSSR count). The number of aliphatic carboxylic acids is 1. The fourth-order valence-corrected chi connectivity index (χ4v) is 1.98. The number of carbonyl (C=O) groups excluding carboxylic acids is 2. The molecule has 0 aromatic heterocycles. The number of carboxylic acids is 1. The molecule has 21 heavy (non-hydrogen) atoms. The highest BCUT2D eigenvalue weighted by Gasteiger charge is 2.20. The first kappa shape index (κ1) is 14.7. The van der Waals surface area contributed by atoms with E-state index in [1.807, 2.05) is 18.2 Å². The zero-order valence-corrected chi connectivity index (χ0v) is 11.1. The van der Waals surface area contributed by atoms with Gasteiger partial charge in [-0.3, -0.25) is 19.7 Å². The van der Waals surface area contributed by atoms with E-state index in [0.717, 1.165) is 5.39 Å². The summed E-state index contributed by atoms with van der Waals surface area (Å²) in [4.78, 5) is 34.3. The molecule has 2 aromatic carbocycles. The third kappa shape index (κ3) is 3.43. The summed E-state index contributed by atoms with van der Waals surface area (Å²) in [5.74, 6) is -2.61. The number of benzene rings is 2. The van der Waals surface area contributed by atoms with Gasteiger partial charge < -0.3 is 10.8 Å². The summed E-state index contributed by atoms with van der Waals surface area (Å²) in [6.07, 6.45) is -0.533. The van der Waals surface area contributed by atoms with Gasteiger partial charge in [0.1, 0.15) is 0 Å². The van der Waals surface area contributed by atoms with E-state index in [2.05, 4.69) is 5.32 Å². The highest BCUT2D eigenvalue weighted by atomic mass is 16.4. The van der Waals surface area contributed by atoms with Crippen LogP contribution in [0, 0.1) is 0 Å². The normalized spacial score (nSPS) is 11.9. The second-order valence-corrected chi connectivity index (χ2v) is 4.55. The van der Waals surface area contributed by atoms with Crippen LogP contribution >= 0.6 is 0 Å². The number of hydrogen-bond acceptors (Lipinski definition) is 4. The standard InChI is InChI=1S/C15H14N2O4/c16-12(8-13(18)19)15(21)17-14(20)11-7-3-5-9-4-1-2-6-10(9)11/h1-7,12H,8,16H2,(H,18,19)(H,17,20,21)/t12-/m0/s1. The van der Waals surface area contributed by atoms with Gasteiger partial charge in [0.05, 0.1) is 12.5 Å². The Kier molecular flexibility index (Phi) is 4.30. The Labute approximate surface area is 120 Å². The van der Waals surface area contributed by atoms with Crippen LogP contribution in [0.1, 0.15) is 16.8 Å². The van der Waals surface area contributed by atoms with Crippen molar-refractivity contribution < 1.29 is 19.5 Å². The van der Waals surface area contributed by atoms with Crippen molar-refractivity contribution in [1.29, 1.82) is 0 Å². The molecule has 0 aliphatic rings. The number of carbonyl (C=O) groups is 3. The molecule has 1 atom stereocenters. The summed E-state index contributed by atoms with van der Waals surface area (Å²) in [6, 6.07) is 11.1. The number of fused-ring (bicyclic) bond motifs is 1. The van der Waals surface area contributed by atoms with E-state index in [1.54, 1.807) is 24.3 Å². The Morgan fingerprint density at radius 3 is 2.48 bits per heavy atom. The van der Waals surface area contributed by atoms with Crippen molar-refractivity contribution in [3.05, 3.63) is 48.0 Å². The number of carboxylic acid groups (broad SMARTS) is 1. The van der Waals surface area contributed by atoms with Gasteiger partial charge in [0, 0.05) is 5.56 Å². The van der Waals surface area contributed by atoms with E-state index in [0.29, 0.717) is 10.9 Å². The first-order valence-electron chi connectivity index (χ1n) is 6.29. The monoisotopic (exact) mass is 286 g/mol. The Bertz CT molecular complexity index is 706. The van der Waals surface area contributed by atoms with Gasteiger partial charge in [0.15, 0.2) is 0 Å². The van der Waals surface area contributed by atoms with Crippen LogP contribution < -0.4 is 11.1 Å². The van der Waals surface area contributed by atoms with Crippen molar-refractivity contribution in [3.8, 4) is 0 Å². The maximum absolute atomic E-state index is 12.1. The van der Waals surface area contributed by atoms with Gasteiger partial charge in [-0.05, 0) is 16.8 Å². The minimum atomic E-state index is -1.26. The van der Waals surface area contributed by atoms with E-state index in [1.165, 1.54) is 0 Å². The predicted molar refractivity (Wildman–Crippen MR) is 76.6 cm³/mol. The lowest BCUT2D eigenvalue weighted by molar-refractivity contribution is -0.139. The lowest BCUT2D eigenvalue weighted by Gasteiger charge is -2.10. The number of hydrogen-bond donors (Lipinski definition) is 3. The summed E-state index contributed by atoms with van der Waals surface area (Å²) in [5, 5.41) is 12.3. The first-order valence-corrected chi connectivity index (χ1v) is 6.29. The number of nitrogens with one attached hydrogen (secondary N) is 1. The van der Waals surface area contributed by atoms with Gasteiger partial charge in [-0.25, -0.2) is 0 Å². The molecule has 4 N–H and O–H groups in total. The van der Waals surface area contributed by atoms with Crippen molar-refractivity contribution >= 4 is 28.6 Å². The molecular weight excluding hydrogens is 272 g/mol. The molecule has 0 aliphatic carbocycles. The molecule has 6 nitrogen and oxygen atoms in total. The highest BCUT2D eigenvalue weighted by molar-refractivity contribution is 6.13. The van der Waals surface area contributed by atoms with Gasteiger partial charge in [-0.1, -0.05) is 36.4 Å². The van der Waals surface area contributed by atoms with Crippen molar-refractivity contribution in [1.82, 2.24) is 5.32 Å². The lowest BCUT2D eigenvalue weighted by Crippen LogP contribution is -2.44. The minimum absolute atomic E-state index is 0.337. The Balaban J connectivity index is 2.19. The summed E-state index contributed by atoms with van der Waals surface area (Å²) in [7, 11) is 0. The molecule has 2 amide bonds. The Morgan fingerprint density at radius 1 is 1.10 bits per heavy atom. The van der Waals surface area contributed by atoms with Gasteiger partial charge in [-0.15, -0.1) is 0 Å². The average molecular weight is 286 g/mol. The van der Waals surface area contributed by atoms with Crippen LogP contribution in [0.15, 0.2) is 42.5 Å². The maximum Gasteiger partial charge on any atom is 0.305 e. The van der Waals surface area contributed by atoms with Crippen LogP contribution in [0.25, 0.3) is 10.8 Å². The molecule has 2 aromatic rings. The third-order valence-electron chi connectivity index (χ3n) is 3.00. The molecule has 0 fully saturated rings. The first-order chi connectivity index (χ1) is 9.99. The second-order valence-electron chi connectivity index (χ2n) is 4.55. The fraction of sp³-hybridized carbons (Fsp3) is 0.133. The number of amides is 2. The van der Waals surface area contributed by atoms with E-state index >= 15 is 0 Å². The molecular formula is C15H14N2O4. The molecule has 0 saturated carbocycles. The van der Waals surface area contributed by atoms with E-state index in [-0.39, 0.29) is 0 Å². The summed E-state index contributed by atoms with van der Waals surface area (Å²) >= 11 is 0. The molecule has 0 saturated heterocycles. The molecule has 0 heterocycles. The van der Waals surface area contributed by atoms with Crippen LogP contribution in [0.3, 0.4) is 0 Å². The van der Waals surface area contributed by atoms with Crippen molar-refractivity contribution in [2.45, 2.75) is 12.5 Å². The lowest BCUT2D eigenvalue weighted by atomic mass is 10.0. The van der Waals surface area contributed by atoms with Gasteiger partial charge in [0.25, 0.3) is 5.91 Å². The van der Waals surface area contributed by atoms with Crippen LogP contribution in [-0.2, 0) is 9.59 Å². The van der Waals surface area contributed by atoms with Crippen LogP contribution in [0.2, 0.25) is 0 Å². The summed E-state index contributed by atoms with van der Waals surface area (Å²) in [5.41, 5.74) is 5.75. The van der Waals surface area contributed by atoms with E-state index in [9.17, 15) is 14.4 Å². The predicted octanol–water partition coefficient (Wildman–Crippen LogP) is 0.898. The molecule has 0 unspecified atom stereocenters. The molecule has 0 spiro atoms. The molecule has 0 radical (unpaired) electrons. The molecule has 108 valence electrons. The van der Waals surface area contributed by atoms with Gasteiger partial charge in [-0.2, -0.15) is 0 Å². The quantitative estimate of drug-likeness (QED) is 0.773. The van der Waals surface area contributed by atoms with Gasteiger partial charge >= 0.3 is 5.97 Å². The SMILES string of the molecule is N[C@@H](CC(=O)O)C(=O)NC(=O)c1cccc2ccccc12. The van der Waals surface area contributed by atoms with E-state index < -0.39 is 30.2 Å². The average Bonchev–Trinajstić information content (AvgIpc) is 2.45. The van der Waals surface area contributed by atoms with Crippen LogP contribution in [0.5, 0.6) is 0 Å². The van der Waals surface area contributed by atoms with Crippen molar-refractivity contribution in [2.24, 2.45) is 5.73 Å². The largest absolute Gasteiger partial charge is 0.481 e. The minimum Gasteiger partial charge on any atom is -0.481 e. The van der Waals surface area contributed by atoms with Gasteiger partial charge in [0.2, 0.25) is 5.91 Å². The zero-order valence-electron chi connectivity index (χ0n) is 11.1. The smallest absolute Gasteiger partial charge is 0.305 e. The Hall–Kier alpha value is -2.73. The van der Waals surface area contributed by atoms with Crippen LogP contribution in [-0.4, -0.2) is 28.9 Å². The topological polar surface area (TPSA) is 109 Å². The van der Waals surface area contributed by atoms with E-state index in [4.69, 9.17) is 10.8 Å². The zero-order chi connectivity index (χ0) is 15.4. The van der Waals surface area contributed by atoms with Crippen molar-refractivity contribution in [3.63, 3.8) is 0 Å². The number of nitrogens with two attached hydrogens (primary N) is 1. The number of imide groups is 1. The fourth-order valence-electron chi connectivity index (χ4n) is 1.98. The Morgan fingerprint density at radius 2 is 1.76 bits per heavy atom. The van der Waals surface area contributed by atoms with Crippen LogP contribution in [0.4, 0.5) is 0 Å². The molecule has 0 bridgehead atoms. The maximum atomic E-state index is 12.1. The highest BCUT2D eigenvalue weighted by Crippen LogP contribution is 2.18.